The number of hydrogen-bond donors (Lipinski definition) is 1. The minimum Gasteiger partial charge on any atom is -0.493 e. The fourth-order valence-electron chi connectivity index (χ4n) is 3.95. The second-order valence-corrected chi connectivity index (χ2v) is 8.24. The number of methoxy groups -OCH3 is 1. The Morgan fingerprint density at radius 3 is 2.60 bits per heavy atom. The van der Waals surface area contributed by atoms with Gasteiger partial charge in [-0.2, -0.15) is 0 Å². The van der Waals surface area contributed by atoms with Gasteiger partial charge in [-0.3, -0.25) is 0 Å². The molecule has 0 bridgehead atoms. The molecule has 0 aliphatic carbocycles. The molecular formula is C24H30N4O2. The van der Waals surface area contributed by atoms with Crippen molar-refractivity contribution in [1.29, 1.82) is 0 Å². The highest BCUT2D eigenvalue weighted by Crippen LogP contribution is 2.35. The van der Waals surface area contributed by atoms with Gasteiger partial charge in [-0.25, -0.2) is 9.97 Å². The Morgan fingerprint density at radius 2 is 1.87 bits per heavy atom. The number of benzene rings is 2. The Labute approximate surface area is 178 Å². The molecule has 0 spiro atoms. The summed E-state index contributed by atoms with van der Waals surface area (Å²) in [5.74, 6) is 2.77. The van der Waals surface area contributed by atoms with E-state index < -0.39 is 0 Å². The third-order valence-corrected chi connectivity index (χ3v) is 5.87. The molecule has 158 valence electrons. The molecule has 1 aliphatic rings. The van der Waals surface area contributed by atoms with E-state index in [1.165, 1.54) is 24.0 Å². The van der Waals surface area contributed by atoms with Gasteiger partial charge in [0.25, 0.3) is 0 Å². The zero-order valence-electron chi connectivity index (χ0n) is 18.2. The molecule has 6 nitrogen and oxygen atoms in total. The highest BCUT2D eigenvalue weighted by atomic mass is 16.5. The number of ether oxygens (including phenoxy) is 2. The summed E-state index contributed by atoms with van der Waals surface area (Å²) in [6.45, 7) is 7.14. The molecule has 1 aromatic heterocycles. The molecule has 1 fully saturated rings. The molecule has 0 amide bonds. The summed E-state index contributed by atoms with van der Waals surface area (Å²) < 4.78 is 11.8. The standard InChI is InChI=1S/C24H30N4O2/c1-16-5-6-20(17(2)11-16)27-24-19-12-22(29-4)23(13-21(19)25-15-26-24)30-14-18-7-9-28(3)10-8-18/h5-6,11-13,15,18H,7-10,14H2,1-4H3,(H,25,26,27). The zero-order chi connectivity index (χ0) is 21.1. The average Bonchev–Trinajstić information content (AvgIpc) is 2.75. The smallest absolute Gasteiger partial charge is 0.163 e. The summed E-state index contributed by atoms with van der Waals surface area (Å²) in [6.07, 6.45) is 3.92. The van der Waals surface area contributed by atoms with Gasteiger partial charge in [0.1, 0.15) is 12.1 Å². The van der Waals surface area contributed by atoms with Gasteiger partial charge in [-0.15, -0.1) is 0 Å². The van der Waals surface area contributed by atoms with E-state index in [1.54, 1.807) is 13.4 Å². The Morgan fingerprint density at radius 1 is 1.07 bits per heavy atom. The molecule has 2 heterocycles. The maximum absolute atomic E-state index is 6.18. The summed E-state index contributed by atoms with van der Waals surface area (Å²) in [5, 5.41) is 4.35. The van der Waals surface area contributed by atoms with Gasteiger partial charge in [0, 0.05) is 17.1 Å². The quantitative estimate of drug-likeness (QED) is 0.639. The second kappa shape index (κ2) is 8.88. The molecule has 1 N–H and O–H groups in total. The lowest BCUT2D eigenvalue weighted by Crippen LogP contribution is -2.32. The molecule has 4 rings (SSSR count). The Bertz CT molecular complexity index is 1030. The summed E-state index contributed by atoms with van der Waals surface area (Å²) in [7, 11) is 3.84. The van der Waals surface area contributed by atoms with Crippen LogP contribution in [-0.2, 0) is 0 Å². The van der Waals surface area contributed by atoms with E-state index in [0.717, 1.165) is 41.2 Å². The first-order chi connectivity index (χ1) is 14.5. The molecule has 1 aliphatic heterocycles. The number of aryl methyl sites for hydroxylation is 2. The lowest BCUT2D eigenvalue weighted by Gasteiger charge is -2.28. The van der Waals surface area contributed by atoms with Crippen molar-refractivity contribution in [3.05, 3.63) is 47.8 Å². The summed E-state index contributed by atoms with van der Waals surface area (Å²) in [6, 6.07) is 10.2. The van der Waals surface area contributed by atoms with Crippen molar-refractivity contribution in [2.75, 3.05) is 39.2 Å². The predicted octanol–water partition coefficient (Wildman–Crippen LogP) is 4.72. The molecule has 6 heteroatoms. The van der Waals surface area contributed by atoms with E-state index in [-0.39, 0.29) is 0 Å². The molecule has 0 unspecified atom stereocenters. The van der Waals surface area contributed by atoms with E-state index in [2.05, 4.69) is 59.3 Å². The van der Waals surface area contributed by atoms with E-state index in [9.17, 15) is 0 Å². The number of nitrogens with zero attached hydrogens (tertiary/aromatic N) is 3. The largest absolute Gasteiger partial charge is 0.493 e. The summed E-state index contributed by atoms with van der Waals surface area (Å²) in [4.78, 5) is 11.3. The van der Waals surface area contributed by atoms with Crippen LogP contribution in [0.5, 0.6) is 11.5 Å². The number of likely N-dealkylation sites (tertiary alicyclic amines) is 1. The van der Waals surface area contributed by atoms with Crippen LogP contribution >= 0.6 is 0 Å². The lowest BCUT2D eigenvalue weighted by atomic mass is 9.98. The van der Waals surface area contributed by atoms with Gasteiger partial charge in [-0.1, -0.05) is 17.7 Å². The number of hydrogen-bond acceptors (Lipinski definition) is 6. The predicted molar refractivity (Wildman–Crippen MR) is 121 cm³/mol. The Kier molecular flexibility index (Phi) is 6.04. The van der Waals surface area contributed by atoms with Crippen LogP contribution in [0.2, 0.25) is 0 Å². The normalized spacial score (nSPS) is 15.3. The van der Waals surface area contributed by atoms with Crippen LogP contribution in [0, 0.1) is 19.8 Å². The topological polar surface area (TPSA) is 59.5 Å². The van der Waals surface area contributed by atoms with Gasteiger partial charge >= 0.3 is 0 Å². The number of rotatable bonds is 6. The lowest BCUT2D eigenvalue weighted by molar-refractivity contribution is 0.157. The molecule has 3 aromatic rings. The first-order valence-corrected chi connectivity index (χ1v) is 10.5. The number of anilines is 2. The molecule has 2 aromatic carbocycles. The van der Waals surface area contributed by atoms with Crippen LogP contribution < -0.4 is 14.8 Å². The first kappa shape index (κ1) is 20.4. The van der Waals surface area contributed by atoms with Crippen molar-refractivity contribution in [3.63, 3.8) is 0 Å². The van der Waals surface area contributed by atoms with Gasteiger partial charge < -0.3 is 19.7 Å². The fraction of sp³-hybridized carbons (Fsp3) is 0.417. The Hall–Kier alpha value is -2.86. The van der Waals surface area contributed by atoms with E-state index in [0.29, 0.717) is 18.3 Å². The molecule has 0 atom stereocenters. The number of piperidine rings is 1. The Balaban J connectivity index is 1.58. The number of aromatic nitrogens is 2. The van der Waals surface area contributed by atoms with Gasteiger partial charge in [-0.05, 0) is 70.4 Å². The fourth-order valence-corrected chi connectivity index (χ4v) is 3.95. The molecule has 0 saturated carbocycles. The van der Waals surface area contributed by atoms with Crippen molar-refractivity contribution in [1.82, 2.24) is 14.9 Å². The van der Waals surface area contributed by atoms with E-state index in [1.807, 2.05) is 12.1 Å². The van der Waals surface area contributed by atoms with Crippen molar-refractivity contribution in [2.24, 2.45) is 5.92 Å². The van der Waals surface area contributed by atoms with Crippen LogP contribution in [0.15, 0.2) is 36.7 Å². The molecule has 0 radical (unpaired) electrons. The van der Waals surface area contributed by atoms with Gasteiger partial charge in [0.05, 0.1) is 19.2 Å². The molecule has 30 heavy (non-hydrogen) atoms. The zero-order valence-corrected chi connectivity index (χ0v) is 18.2. The van der Waals surface area contributed by atoms with Crippen LogP contribution in [0.3, 0.4) is 0 Å². The third-order valence-electron chi connectivity index (χ3n) is 5.87. The van der Waals surface area contributed by atoms with Crippen LogP contribution in [0.25, 0.3) is 10.9 Å². The minimum absolute atomic E-state index is 0.578. The van der Waals surface area contributed by atoms with E-state index in [4.69, 9.17) is 9.47 Å². The highest BCUT2D eigenvalue weighted by Gasteiger charge is 2.19. The maximum Gasteiger partial charge on any atom is 0.163 e. The van der Waals surface area contributed by atoms with Crippen molar-refractivity contribution >= 4 is 22.4 Å². The van der Waals surface area contributed by atoms with Crippen molar-refractivity contribution < 1.29 is 9.47 Å². The van der Waals surface area contributed by atoms with Crippen molar-refractivity contribution in [3.8, 4) is 11.5 Å². The van der Waals surface area contributed by atoms with E-state index >= 15 is 0 Å². The average molecular weight is 407 g/mol. The van der Waals surface area contributed by atoms with Crippen LogP contribution in [0.1, 0.15) is 24.0 Å². The second-order valence-electron chi connectivity index (χ2n) is 8.24. The first-order valence-electron chi connectivity index (χ1n) is 10.5. The summed E-state index contributed by atoms with van der Waals surface area (Å²) >= 11 is 0. The van der Waals surface area contributed by atoms with Gasteiger partial charge in [0.2, 0.25) is 0 Å². The molecule has 1 saturated heterocycles. The minimum atomic E-state index is 0.578. The summed E-state index contributed by atoms with van der Waals surface area (Å²) in [5.41, 5.74) is 4.27. The SMILES string of the molecule is COc1cc2c(Nc3ccc(C)cc3C)ncnc2cc1OCC1CCN(C)CC1. The highest BCUT2D eigenvalue weighted by molar-refractivity contribution is 5.93. The number of fused-ring (bicyclic) bond motifs is 1. The number of nitrogens with one attached hydrogen (secondary N) is 1. The van der Waals surface area contributed by atoms with Crippen LogP contribution in [-0.4, -0.2) is 48.7 Å². The molecular weight excluding hydrogens is 376 g/mol. The van der Waals surface area contributed by atoms with Gasteiger partial charge in [0.15, 0.2) is 11.5 Å². The van der Waals surface area contributed by atoms with Crippen molar-refractivity contribution in [2.45, 2.75) is 26.7 Å². The van der Waals surface area contributed by atoms with Crippen LogP contribution in [0.4, 0.5) is 11.5 Å². The monoisotopic (exact) mass is 406 g/mol. The third kappa shape index (κ3) is 4.49. The maximum atomic E-state index is 6.18.